The summed E-state index contributed by atoms with van der Waals surface area (Å²) in [7, 11) is -2.45. The van der Waals surface area contributed by atoms with Crippen molar-refractivity contribution in [2.75, 3.05) is 12.4 Å². The van der Waals surface area contributed by atoms with E-state index in [-0.39, 0.29) is 22.3 Å². The number of nitrogens with one attached hydrogen (secondary N) is 2. The number of amides is 1. The minimum absolute atomic E-state index is 0.0942. The number of rotatable bonds is 6. The Labute approximate surface area is 158 Å². The maximum Gasteiger partial charge on any atom is 0.255 e. The van der Waals surface area contributed by atoms with Gasteiger partial charge in [-0.15, -0.1) is 0 Å². The zero-order valence-corrected chi connectivity index (χ0v) is 16.5. The van der Waals surface area contributed by atoms with Gasteiger partial charge < -0.3 is 10.1 Å². The maximum atomic E-state index is 12.5. The van der Waals surface area contributed by atoms with Crippen molar-refractivity contribution >= 4 is 33.2 Å². The van der Waals surface area contributed by atoms with E-state index >= 15 is 0 Å². The molecule has 0 fully saturated rings. The van der Waals surface area contributed by atoms with E-state index in [1.165, 1.54) is 25.3 Å². The fraction of sp³-hybridized carbons (Fsp3) is 0.278. The highest BCUT2D eigenvalue weighted by Crippen LogP contribution is 2.26. The first-order chi connectivity index (χ1) is 12.1. The van der Waals surface area contributed by atoms with Gasteiger partial charge in [-0.25, -0.2) is 13.1 Å². The topological polar surface area (TPSA) is 84.5 Å². The normalized spacial score (nSPS) is 11.5. The molecule has 1 amide bonds. The van der Waals surface area contributed by atoms with E-state index < -0.39 is 15.9 Å². The van der Waals surface area contributed by atoms with Crippen LogP contribution in [0.15, 0.2) is 41.3 Å². The molecule has 2 aromatic rings. The molecular formula is C18H21ClN2O4S. The fourth-order valence-electron chi connectivity index (χ4n) is 2.28. The Morgan fingerprint density at radius 1 is 1.15 bits per heavy atom. The van der Waals surface area contributed by atoms with Crippen LogP contribution in [0.1, 0.15) is 29.8 Å². The van der Waals surface area contributed by atoms with E-state index in [0.717, 1.165) is 5.56 Å². The predicted molar refractivity (Wildman–Crippen MR) is 103 cm³/mol. The number of hydrogen-bond acceptors (Lipinski definition) is 4. The SMILES string of the molecule is COc1ccc(C(=O)Nc2ccc(C)c(Cl)c2)cc1S(=O)(=O)NC(C)C. The van der Waals surface area contributed by atoms with Crippen LogP contribution in [0.3, 0.4) is 0 Å². The van der Waals surface area contributed by atoms with Gasteiger partial charge in [0.05, 0.1) is 7.11 Å². The number of aryl methyl sites for hydroxylation is 1. The number of benzene rings is 2. The van der Waals surface area contributed by atoms with Crippen LogP contribution in [0.4, 0.5) is 5.69 Å². The van der Waals surface area contributed by atoms with Crippen LogP contribution in [0, 0.1) is 6.92 Å². The second-order valence-electron chi connectivity index (χ2n) is 6.06. The lowest BCUT2D eigenvalue weighted by atomic mass is 10.2. The summed E-state index contributed by atoms with van der Waals surface area (Å²) >= 11 is 6.06. The Bertz CT molecular complexity index is 927. The molecule has 140 valence electrons. The molecule has 0 radical (unpaired) electrons. The number of ether oxygens (including phenoxy) is 1. The van der Waals surface area contributed by atoms with Crippen LogP contribution in [-0.4, -0.2) is 27.5 Å². The highest BCUT2D eigenvalue weighted by atomic mass is 35.5. The van der Waals surface area contributed by atoms with E-state index in [1.54, 1.807) is 32.0 Å². The van der Waals surface area contributed by atoms with Crippen molar-refractivity contribution < 1.29 is 17.9 Å². The third kappa shape index (κ3) is 4.75. The Morgan fingerprint density at radius 3 is 2.42 bits per heavy atom. The summed E-state index contributed by atoms with van der Waals surface area (Å²) in [5.41, 5.74) is 1.60. The molecule has 0 atom stereocenters. The molecule has 0 bridgehead atoms. The number of hydrogen-bond donors (Lipinski definition) is 2. The van der Waals surface area contributed by atoms with Gasteiger partial charge in [-0.05, 0) is 56.7 Å². The van der Waals surface area contributed by atoms with Gasteiger partial charge >= 0.3 is 0 Å². The summed E-state index contributed by atoms with van der Waals surface area (Å²) in [6, 6.07) is 9.08. The number of carbonyl (C=O) groups is 1. The molecule has 6 nitrogen and oxygen atoms in total. The van der Waals surface area contributed by atoms with E-state index in [4.69, 9.17) is 16.3 Å². The van der Waals surface area contributed by atoms with Crippen molar-refractivity contribution in [1.82, 2.24) is 4.72 Å². The van der Waals surface area contributed by atoms with Crippen molar-refractivity contribution in [3.63, 3.8) is 0 Å². The lowest BCUT2D eigenvalue weighted by Gasteiger charge is -2.14. The standard InChI is InChI=1S/C18H21ClN2O4S/c1-11(2)21-26(23,24)17-9-13(6-8-16(17)25-4)18(22)20-14-7-5-12(3)15(19)10-14/h5-11,21H,1-4H3,(H,20,22). The molecule has 0 unspecified atom stereocenters. The molecule has 2 N–H and O–H groups in total. The molecule has 0 aliphatic heterocycles. The van der Waals surface area contributed by atoms with Crippen LogP contribution < -0.4 is 14.8 Å². The molecule has 2 rings (SSSR count). The van der Waals surface area contributed by atoms with Gasteiger partial charge in [-0.3, -0.25) is 4.79 Å². The molecule has 26 heavy (non-hydrogen) atoms. The van der Waals surface area contributed by atoms with E-state index in [1.807, 2.05) is 6.92 Å². The van der Waals surface area contributed by atoms with Crippen LogP contribution in [-0.2, 0) is 10.0 Å². The first-order valence-electron chi connectivity index (χ1n) is 7.92. The minimum Gasteiger partial charge on any atom is -0.495 e. The molecule has 2 aromatic carbocycles. The van der Waals surface area contributed by atoms with Crippen molar-refractivity contribution in [2.45, 2.75) is 31.7 Å². The van der Waals surface area contributed by atoms with Crippen LogP contribution >= 0.6 is 11.6 Å². The van der Waals surface area contributed by atoms with Gasteiger partial charge in [0.15, 0.2) is 0 Å². The molecule has 0 heterocycles. The average molecular weight is 397 g/mol. The summed E-state index contributed by atoms with van der Waals surface area (Å²) < 4.78 is 32.6. The Balaban J connectivity index is 2.36. The summed E-state index contributed by atoms with van der Waals surface area (Å²) in [5.74, 6) is -0.290. The van der Waals surface area contributed by atoms with Crippen molar-refractivity contribution in [1.29, 1.82) is 0 Å². The first kappa shape index (κ1) is 20.2. The molecule has 8 heteroatoms. The summed E-state index contributed by atoms with van der Waals surface area (Å²) in [5, 5.41) is 3.23. The molecule has 0 aliphatic carbocycles. The van der Waals surface area contributed by atoms with Crippen molar-refractivity contribution in [3.8, 4) is 5.75 Å². The van der Waals surface area contributed by atoms with Gasteiger partial charge in [-0.2, -0.15) is 0 Å². The Kier molecular flexibility index (Phi) is 6.28. The van der Waals surface area contributed by atoms with E-state index in [2.05, 4.69) is 10.0 Å². The zero-order valence-electron chi connectivity index (χ0n) is 15.0. The number of methoxy groups -OCH3 is 1. The first-order valence-corrected chi connectivity index (χ1v) is 9.78. The lowest BCUT2D eigenvalue weighted by molar-refractivity contribution is 0.102. The fourth-order valence-corrected chi connectivity index (χ4v) is 3.90. The molecule has 0 saturated heterocycles. The van der Waals surface area contributed by atoms with Crippen molar-refractivity contribution in [3.05, 3.63) is 52.5 Å². The molecule has 0 aliphatic rings. The smallest absolute Gasteiger partial charge is 0.255 e. The number of carbonyl (C=O) groups excluding carboxylic acids is 1. The zero-order chi connectivity index (χ0) is 19.5. The largest absolute Gasteiger partial charge is 0.495 e. The number of anilines is 1. The summed E-state index contributed by atoms with van der Waals surface area (Å²) in [4.78, 5) is 12.4. The highest BCUT2D eigenvalue weighted by Gasteiger charge is 2.22. The average Bonchev–Trinajstić information content (AvgIpc) is 2.56. The van der Waals surface area contributed by atoms with Gasteiger partial charge in [-0.1, -0.05) is 17.7 Å². The third-order valence-electron chi connectivity index (χ3n) is 3.54. The lowest BCUT2D eigenvalue weighted by Crippen LogP contribution is -2.30. The second-order valence-corrected chi connectivity index (χ2v) is 8.15. The van der Waals surface area contributed by atoms with Crippen LogP contribution in [0.5, 0.6) is 5.75 Å². The van der Waals surface area contributed by atoms with Gasteiger partial charge in [0.1, 0.15) is 10.6 Å². The quantitative estimate of drug-likeness (QED) is 0.781. The Hall–Kier alpha value is -2.09. The number of halogens is 1. The van der Waals surface area contributed by atoms with Gasteiger partial charge in [0, 0.05) is 22.3 Å². The highest BCUT2D eigenvalue weighted by molar-refractivity contribution is 7.89. The maximum absolute atomic E-state index is 12.5. The predicted octanol–water partition coefficient (Wildman–Crippen LogP) is 3.60. The van der Waals surface area contributed by atoms with Crippen LogP contribution in [0.25, 0.3) is 0 Å². The van der Waals surface area contributed by atoms with Gasteiger partial charge in [0.25, 0.3) is 5.91 Å². The minimum atomic E-state index is -3.82. The van der Waals surface area contributed by atoms with E-state index in [0.29, 0.717) is 10.7 Å². The number of sulfonamides is 1. The Morgan fingerprint density at radius 2 is 1.85 bits per heavy atom. The monoisotopic (exact) mass is 396 g/mol. The molecule has 0 aromatic heterocycles. The molecular weight excluding hydrogens is 376 g/mol. The van der Waals surface area contributed by atoms with Crippen LogP contribution in [0.2, 0.25) is 5.02 Å². The second kappa shape index (κ2) is 8.07. The van der Waals surface area contributed by atoms with E-state index in [9.17, 15) is 13.2 Å². The molecule has 0 saturated carbocycles. The summed E-state index contributed by atoms with van der Waals surface area (Å²) in [6.45, 7) is 5.28. The van der Waals surface area contributed by atoms with Gasteiger partial charge in [0.2, 0.25) is 10.0 Å². The van der Waals surface area contributed by atoms with Crippen molar-refractivity contribution in [2.24, 2.45) is 0 Å². The molecule has 0 spiro atoms. The third-order valence-corrected chi connectivity index (χ3v) is 5.62. The summed E-state index contributed by atoms with van der Waals surface area (Å²) in [6.07, 6.45) is 0.